The molecular formula is C48H28O2. The highest BCUT2D eigenvalue weighted by molar-refractivity contribution is 6.22. The number of para-hydroxylation sites is 1. The van der Waals surface area contributed by atoms with Crippen molar-refractivity contribution in [1.29, 1.82) is 0 Å². The standard InChI is InChI=1S/C48H28O2/c1-2-10-29(11-3-1)47-36-13-4-6-15-38(36)48(39-16-7-5-14-37(39)47)34-21-20-30-24-31(18-19-32(30)25-34)33-22-23-44-40(26-33)42-28-45-41(27-46(42)50-44)35-12-8-9-17-43(35)49-45/h1-28H. The number of furan rings is 2. The third kappa shape index (κ3) is 4.03. The summed E-state index contributed by atoms with van der Waals surface area (Å²) < 4.78 is 12.6. The predicted molar refractivity (Wildman–Crippen MR) is 210 cm³/mol. The average molecular weight is 637 g/mol. The minimum absolute atomic E-state index is 0.874. The van der Waals surface area contributed by atoms with Gasteiger partial charge in [0.05, 0.1) is 0 Å². The Balaban J connectivity index is 1.04. The number of rotatable bonds is 3. The van der Waals surface area contributed by atoms with Crippen LogP contribution in [0.3, 0.4) is 0 Å². The second-order valence-corrected chi connectivity index (χ2v) is 13.2. The highest BCUT2D eigenvalue weighted by atomic mass is 16.3. The zero-order valence-electron chi connectivity index (χ0n) is 27.0. The highest BCUT2D eigenvalue weighted by Crippen LogP contribution is 2.44. The Morgan fingerprint density at radius 1 is 0.240 bits per heavy atom. The molecule has 0 saturated heterocycles. The first kappa shape index (κ1) is 27.3. The van der Waals surface area contributed by atoms with E-state index in [-0.39, 0.29) is 0 Å². The molecule has 11 aromatic rings. The third-order valence-corrected chi connectivity index (χ3v) is 10.4. The molecule has 0 spiro atoms. The van der Waals surface area contributed by atoms with E-state index in [0.717, 1.165) is 49.4 Å². The Hall–Kier alpha value is -6.64. The van der Waals surface area contributed by atoms with Crippen molar-refractivity contribution in [3.8, 4) is 33.4 Å². The number of fused-ring (bicyclic) bond motifs is 9. The minimum atomic E-state index is 0.874. The van der Waals surface area contributed by atoms with Gasteiger partial charge in [0.1, 0.15) is 22.3 Å². The lowest BCUT2D eigenvalue weighted by atomic mass is 9.85. The molecule has 2 heteroatoms. The fourth-order valence-corrected chi connectivity index (χ4v) is 8.11. The van der Waals surface area contributed by atoms with Crippen LogP contribution in [0.5, 0.6) is 0 Å². The van der Waals surface area contributed by atoms with Crippen molar-refractivity contribution in [2.75, 3.05) is 0 Å². The molecule has 0 atom stereocenters. The smallest absolute Gasteiger partial charge is 0.136 e. The summed E-state index contributed by atoms with van der Waals surface area (Å²) in [6.07, 6.45) is 0. The summed E-state index contributed by atoms with van der Waals surface area (Å²) in [5.41, 5.74) is 10.9. The van der Waals surface area contributed by atoms with E-state index in [1.807, 2.05) is 18.2 Å². The van der Waals surface area contributed by atoms with Crippen LogP contribution in [0.1, 0.15) is 0 Å². The molecule has 0 aliphatic rings. The molecule has 0 radical (unpaired) electrons. The summed E-state index contributed by atoms with van der Waals surface area (Å²) in [6.45, 7) is 0. The van der Waals surface area contributed by atoms with Crippen molar-refractivity contribution >= 4 is 76.2 Å². The van der Waals surface area contributed by atoms with E-state index in [1.165, 1.54) is 60.1 Å². The van der Waals surface area contributed by atoms with Gasteiger partial charge in [-0.1, -0.05) is 127 Å². The fourth-order valence-electron chi connectivity index (χ4n) is 8.11. The molecule has 0 N–H and O–H groups in total. The van der Waals surface area contributed by atoms with Gasteiger partial charge in [-0.2, -0.15) is 0 Å². The first-order valence-electron chi connectivity index (χ1n) is 17.1. The van der Waals surface area contributed by atoms with Gasteiger partial charge >= 0.3 is 0 Å². The van der Waals surface area contributed by atoms with Crippen LogP contribution in [0.25, 0.3) is 110 Å². The normalized spacial score (nSPS) is 12.0. The molecule has 2 heterocycles. The zero-order valence-corrected chi connectivity index (χ0v) is 27.0. The van der Waals surface area contributed by atoms with E-state index in [0.29, 0.717) is 0 Å². The average Bonchev–Trinajstić information content (AvgIpc) is 3.72. The van der Waals surface area contributed by atoms with E-state index in [4.69, 9.17) is 8.83 Å². The van der Waals surface area contributed by atoms with Gasteiger partial charge in [0.2, 0.25) is 0 Å². The van der Waals surface area contributed by atoms with E-state index in [9.17, 15) is 0 Å². The van der Waals surface area contributed by atoms with E-state index in [2.05, 4.69) is 152 Å². The number of hydrogen-bond donors (Lipinski definition) is 0. The Kier molecular flexibility index (Phi) is 5.70. The lowest BCUT2D eigenvalue weighted by molar-refractivity contribution is 0.664. The molecule has 50 heavy (non-hydrogen) atoms. The molecule has 0 unspecified atom stereocenters. The quantitative estimate of drug-likeness (QED) is 0.180. The van der Waals surface area contributed by atoms with Crippen molar-refractivity contribution in [2.24, 2.45) is 0 Å². The molecule has 0 aliphatic heterocycles. The number of benzene rings is 9. The third-order valence-electron chi connectivity index (χ3n) is 10.4. The van der Waals surface area contributed by atoms with Crippen molar-refractivity contribution in [3.63, 3.8) is 0 Å². The van der Waals surface area contributed by atoms with Crippen LogP contribution in [0.15, 0.2) is 179 Å². The molecule has 0 amide bonds. The Morgan fingerprint density at radius 3 is 1.34 bits per heavy atom. The van der Waals surface area contributed by atoms with Gasteiger partial charge in [0.15, 0.2) is 0 Å². The molecule has 11 rings (SSSR count). The zero-order chi connectivity index (χ0) is 32.8. The van der Waals surface area contributed by atoms with Gasteiger partial charge in [-0.25, -0.2) is 0 Å². The van der Waals surface area contributed by atoms with Gasteiger partial charge < -0.3 is 8.83 Å². The highest BCUT2D eigenvalue weighted by Gasteiger charge is 2.17. The van der Waals surface area contributed by atoms with Crippen LogP contribution < -0.4 is 0 Å². The van der Waals surface area contributed by atoms with Crippen LogP contribution in [-0.2, 0) is 0 Å². The molecule has 2 aromatic heterocycles. The summed E-state index contributed by atoms with van der Waals surface area (Å²) in [4.78, 5) is 0. The summed E-state index contributed by atoms with van der Waals surface area (Å²) in [6, 6.07) is 61.1. The molecule has 0 aliphatic carbocycles. The van der Waals surface area contributed by atoms with E-state index >= 15 is 0 Å². The maximum Gasteiger partial charge on any atom is 0.136 e. The Bertz CT molecular complexity index is 3080. The minimum Gasteiger partial charge on any atom is -0.456 e. The van der Waals surface area contributed by atoms with Gasteiger partial charge in [-0.05, 0) is 108 Å². The summed E-state index contributed by atoms with van der Waals surface area (Å²) in [5.74, 6) is 0. The van der Waals surface area contributed by atoms with Crippen LogP contribution in [0.4, 0.5) is 0 Å². The molecule has 0 fully saturated rings. The summed E-state index contributed by atoms with van der Waals surface area (Å²) >= 11 is 0. The van der Waals surface area contributed by atoms with Crippen LogP contribution in [0.2, 0.25) is 0 Å². The molecule has 232 valence electrons. The van der Waals surface area contributed by atoms with Crippen molar-refractivity contribution in [3.05, 3.63) is 170 Å². The Labute approximate surface area is 287 Å². The first-order valence-corrected chi connectivity index (χ1v) is 17.1. The van der Waals surface area contributed by atoms with Gasteiger partial charge in [0.25, 0.3) is 0 Å². The molecule has 0 bridgehead atoms. The van der Waals surface area contributed by atoms with Gasteiger partial charge in [-0.15, -0.1) is 0 Å². The lowest BCUT2D eigenvalue weighted by Gasteiger charge is -2.18. The summed E-state index contributed by atoms with van der Waals surface area (Å²) in [5, 5.41) is 11.8. The first-order chi connectivity index (χ1) is 24.8. The monoisotopic (exact) mass is 636 g/mol. The Morgan fingerprint density at radius 2 is 0.680 bits per heavy atom. The maximum atomic E-state index is 6.35. The van der Waals surface area contributed by atoms with Crippen molar-refractivity contribution < 1.29 is 8.83 Å². The van der Waals surface area contributed by atoms with Gasteiger partial charge in [0, 0.05) is 21.5 Å². The number of hydrogen-bond acceptors (Lipinski definition) is 2. The SMILES string of the molecule is c1ccc(-c2c3ccccc3c(-c3ccc4cc(-c5ccc6oc7cc8c(cc7c6c5)oc5ccccc58)ccc4c3)c3ccccc23)cc1. The van der Waals surface area contributed by atoms with Gasteiger partial charge in [-0.3, -0.25) is 0 Å². The molecule has 0 saturated carbocycles. The topological polar surface area (TPSA) is 26.3 Å². The van der Waals surface area contributed by atoms with Crippen molar-refractivity contribution in [1.82, 2.24) is 0 Å². The fraction of sp³-hybridized carbons (Fsp3) is 0. The van der Waals surface area contributed by atoms with E-state index < -0.39 is 0 Å². The second kappa shape index (κ2) is 10.4. The second-order valence-electron chi connectivity index (χ2n) is 13.2. The van der Waals surface area contributed by atoms with E-state index in [1.54, 1.807) is 0 Å². The largest absolute Gasteiger partial charge is 0.456 e. The predicted octanol–water partition coefficient (Wildman–Crippen LogP) is 13.9. The van der Waals surface area contributed by atoms with Crippen LogP contribution >= 0.6 is 0 Å². The molecule has 9 aromatic carbocycles. The maximum absolute atomic E-state index is 6.35. The van der Waals surface area contributed by atoms with Crippen molar-refractivity contribution in [2.45, 2.75) is 0 Å². The molecule has 2 nitrogen and oxygen atoms in total. The van der Waals surface area contributed by atoms with Crippen LogP contribution in [-0.4, -0.2) is 0 Å². The lowest BCUT2D eigenvalue weighted by Crippen LogP contribution is -1.90. The molecular weight excluding hydrogens is 609 g/mol. The van der Waals surface area contributed by atoms with Crippen LogP contribution in [0, 0.1) is 0 Å². The summed E-state index contributed by atoms with van der Waals surface area (Å²) in [7, 11) is 0.